The number of hydrogen-bond acceptors (Lipinski definition) is 1. The van der Waals surface area contributed by atoms with Gasteiger partial charge in [0.25, 0.3) is 0 Å². The number of hydrogen-bond donors (Lipinski definition) is 0. The Bertz CT molecular complexity index is 493. The standard InChI is InChI=1S/C18H31N3Si.CH3.2ClH.Ti/c1-13(2)15-7-6-8-16-17(15)9-14(3)18(16)22(4,5)21-11-19-10-20-12-21;;;;/h6-8,13-14,16-18H,9-12H2,1-5H3;1H3;2*1H;/q-2;-1;;;+6/p-2. The molecule has 1 saturated carbocycles. The molecule has 2 fully saturated rings. The fraction of sp³-hybridized carbons (Fsp3) is 0.737. The molecule has 3 nitrogen and oxygen atoms in total. The summed E-state index contributed by atoms with van der Waals surface area (Å²) < 4.78 is 2.61. The van der Waals surface area contributed by atoms with E-state index in [1.807, 2.05) is 0 Å². The van der Waals surface area contributed by atoms with Gasteiger partial charge in [-0.15, -0.1) is 13.3 Å². The van der Waals surface area contributed by atoms with Crippen LogP contribution in [0.2, 0.25) is 18.6 Å². The molecule has 0 radical (unpaired) electrons. The van der Waals surface area contributed by atoms with Crippen molar-refractivity contribution in [3.05, 3.63) is 41.9 Å². The first-order valence-electron chi connectivity index (χ1n) is 9.20. The first kappa shape index (κ1) is 24.9. The molecule has 0 aromatic heterocycles. The van der Waals surface area contributed by atoms with Gasteiger partial charge in [0.1, 0.15) is 8.24 Å². The van der Waals surface area contributed by atoms with Gasteiger partial charge in [0, 0.05) is 0 Å². The van der Waals surface area contributed by atoms with Crippen LogP contribution in [0.25, 0.3) is 10.6 Å². The molecule has 1 aliphatic heterocycles. The van der Waals surface area contributed by atoms with Crippen molar-refractivity contribution in [3.8, 4) is 0 Å². The summed E-state index contributed by atoms with van der Waals surface area (Å²) in [6.45, 7) is 14.8. The predicted molar refractivity (Wildman–Crippen MR) is 115 cm³/mol. The van der Waals surface area contributed by atoms with Gasteiger partial charge in [0.2, 0.25) is 0 Å². The predicted octanol–water partition coefficient (Wildman–Crippen LogP) is 6.75. The molecule has 146 valence electrons. The fourth-order valence-electron chi connectivity index (χ4n) is 5.17. The van der Waals surface area contributed by atoms with Gasteiger partial charge in [-0.1, -0.05) is 57.7 Å². The van der Waals surface area contributed by atoms with Crippen LogP contribution in [0.3, 0.4) is 0 Å². The molecule has 0 aromatic rings. The van der Waals surface area contributed by atoms with E-state index in [0.717, 1.165) is 36.6 Å². The Morgan fingerprint density at radius 1 is 1.23 bits per heavy atom. The third-order valence-corrected chi connectivity index (χ3v) is 10.7. The van der Waals surface area contributed by atoms with Crippen molar-refractivity contribution in [2.45, 2.75) is 45.8 Å². The SMILES string of the molecule is CC(C)C1=CC=CC2C1CC(C)C2[Si](C)(C)N1C[N-]C[N-]C1.[CH3-].[Cl][Ti+4][Cl]. The zero-order valence-electron chi connectivity index (χ0n) is 17.0. The summed E-state index contributed by atoms with van der Waals surface area (Å²) in [5.41, 5.74) is 2.50. The molecular weight excluding hydrogens is 417 g/mol. The van der Waals surface area contributed by atoms with E-state index < -0.39 is 25.3 Å². The molecule has 7 heteroatoms. The van der Waals surface area contributed by atoms with Crippen molar-refractivity contribution < 1.29 is 17.0 Å². The summed E-state index contributed by atoms with van der Waals surface area (Å²) in [6, 6.07) is 0. The van der Waals surface area contributed by atoms with Crippen LogP contribution in [0.15, 0.2) is 23.8 Å². The monoisotopic (exact) mass is 450 g/mol. The molecule has 0 N–H and O–H groups in total. The zero-order chi connectivity index (χ0) is 18.6. The average Bonchev–Trinajstić information content (AvgIpc) is 2.92. The van der Waals surface area contributed by atoms with E-state index in [9.17, 15) is 0 Å². The molecule has 26 heavy (non-hydrogen) atoms. The zero-order valence-corrected chi connectivity index (χ0v) is 21.1. The second kappa shape index (κ2) is 11.2. The summed E-state index contributed by atoms with van der Waals surface area (Å²) in [5.74, 6) is 2.99. The van der Waals surface area contributed by atoms with Crippen LogP contribution in [-0.4, -0.2) is 32.8 Å². The molecular formula is C19H34Cl2N3SiTi+. The summed E-state index contributed by atoms with van der Waals surface area (Å²) in [6.07, 6.45) is 8.60. The third kappa shape index (κ3) is 5.48. The molecule has 4 atom stereocenters. The van der Waals surface area contributed by atoms with E-state index in [0.29, 0.717) is 12.6 Å². The van der Waals surface area contributed by atoms with Crippen molar-refractivity contribution >= 4 is 26.8 Å². The quantitative estimate of drug-likeness (QED) is 0.345. The van der Waals surface area contributed by atoms with E-state index in [4.69, 9.17) is 18.6 Å². The molecule has 0 aromatic carbocycles. The Balaban J connectivity index is 0.000000791. The second-order valence-corrected chi connectivity index (χ2v) is 15.5. The maximum atomic E-state index is 4.89. The number of rotatable bonds is 3. The molecule has 0 amide bonds. The number of halogens is 2. The molecule has 1 heterocycles. The van der Waals surface area contributed by atoms with Crippen molar-refractivity contribution in [1.82, 2.24) is 4.57 Å². The summed E-state index contributed by atoms with van der Waals surface area (Å²) >= 11 is -0.556. The first-order valence-corrected chi connectivity index (χ1v) is 16.5. The van der Waals surface area contributed by atoms with Crippen molar-refractivity contribution in [2.75, 3.05) is 20.0 Å². The minimum atomic E-state index is -1.54. The normalized spacial score (nSPS) is 31.8. The van der Waals surface area contributed by atoms with Gasteiger partial charge in [-0.3, -0.25) is 6.67 Å². The molecule has 4 unspecified atom stereocenters. The summed E-state index contributed by atoms with van der Waals surface area (Å²) in [4.78, 5) is 0. The first-order chi connectivity index (χ1) is 11.8. The van der Waals surface area contributed by atoms with Crippen LogP contribution in [0.4, 0.5) is 0 Å². The summed E-state index contributed by atoms with van der Waals surface area (Å²) in [5, 5.41) is 9.07. The number of fused-ring (bicyclic) bond motifs is 1. The van der Waals surface area contributed by atoms with Crippen molar-refractivity contribution in [1.29, 1.82) is 0 Å². The number of nitrogens with zero attached hydrogens (tertiary/aromatic N) is 3. The van der Waals surface area contributed by atoms with Crippen LogP contribution in [0.5, 0.6) is 0 Å². The van der Waals surface area contributed by atoms with Crippen LogP contribution < -0.4 is 0 Å². The Kier molecular flexibility index (Phi) is 10.7. The Morgan fingerprint density at radius 3 is 2.35 bits per heavy atom. The molecule has 1 saturated heterocycles. The Hall–Kier alpha value is 0.871. The molecule has 0 bridgehead atoms. The second-order valence-electron chi connectivity index (χ2n) is 8.27. The minimum absolute atomic E-state index is 0. The van der Waals surface area contributed by atoms with E-state index in [1.54, 1.807) is 5.57 Å². The van der Waals surface area contributed by atoms with Gasteiger partial charge < -0.3 is 22.6 Å². The van der Waals surface area contributed by atoms with Crippen LogP contribution >= 0.6 is 18.6 Å². The van der Waals surface area contributed by atoms with Gasteiger partial charge in [0.05, 0.1) is 0 Å². The fourth-order valence-corrected chi connectivity index (χ4v) is 9.34. The van der Waals surface area contributed by atoms with Gasteiger partial charge in [-0.2, -0.15) is 0 Å². The van der Waals surface area contributed by atoms with E-state index in [2.05, 4.69) is 67.3 Å². The third-order valence-electron chi connectivity index (χ3n) is 6.21. The average molecular weight is 451 g/mol. The van der Waals surface area contributed by atoms with Crippen molar-refractivity contribution in [3.63, 3.8) is 0 Å². The van der Waals surface area contributed by atoms with Crippen LogP contribution in [0, 0.1) is 31.1 Å². The van der Waals surface area contributed by atoms with E-state index in [1.165, 1.54) is 6.42 Å². The van der Waals surface area contributed by atoms with Gasteiger partial charge in [-0.05, 0) is 35.6 Å². The van der Waals surface area contributed by atoms with E-state index >= 15 is 0 Å². The maximum absolute atomic E-state index is 4.89. The van der Waals surface area contributed by atoms with Gasteiger partial charge in [-0.25, -0.2) is 0 Å². The molecule has 2 aliphatic carbocycles. The molecule has 3 aliphatic rings. The molecule has 3 rings (SSSR count). The Labute approximate surface area is 179 Å². The Morgan fingerprint density at radius 2 is 1.81 bits per heavy atom. The topological polar surface area (TPSA) is 31.4 Å². The van der Waals surface area contributed by atoms with Crippen molar-refractivity contribution in [2.24, 2.45) is 23.7 Å². The van der Waals surface area contributed by atoms with Gasteiger partial charge in [0.15, 0.2) is 0 Å². The number of allylic oxidation sites excluding steroid dienone is 4. The van der Waals surface area contributed by atoms with Gasteiger partial charge >= 0.3 is 35.6 Å². The van der Waals surface area contributed by atoms with Crippen LogP contribution in [0.1, 0.15) is 27.2 Å². The summed E-state index contributed by atoms with van der Waals surface area (Å²) in [7, 11) is 8.24. The van der Waals surface area contributed by atoms with E-state index in [-0.39, 0.29) is 7.43 Å². The molecule has 0 spiro atoms. The van der Waals surface area contributed by atoms with Crippen LogP contribution in [-0.2, 0) is 17.0 Å².